The summed E-state index contributed by atoms with van der Waals surface area (Å²) in [6, 6.07) is 7.24. The largest absolute Gasteiger partial charge is 0.497 e. The van der Waals surface area contributed by atoms with Crippen LogP contribution in [0.4, 0.5) is 17.6 Å². The Balaban J connectivity index is 1.97. The van der Waals surface area contributed by atoms with E-state index in [0.717, 1.165) is 12.1 Å². The first-order valence-electron chi connectivity index (χ1n) is 9.23. The van der Waals surface area contributed by atoms with Crippen LogP contribution in [-0.4, -0.2) is 21.5 Å². The molecule has 0 bridgehead atoms. The molecular formula is C21H17F4N3O2. The Morgan fingerprint density at radius 3 is 2.23 bits per heavy atom. The Morgan fingerprint density at radius 1 is 0.933 bits per heavy atom. The highest BCUT2D eigenvalue weighted by atomic mass is 19.3. The fourth-order valence-corrected chi connectivity index (χ4v) is 3.86. The van der Waals surface area contributed by atoms with Gasteiger partial charge in [0.05, 0.1) is 34.8 Å². The van der Waals surface area contributed by atoms with Crippen molar-refractivity contribution in [3.63, 3.8) is 0 Å². The monoisotopic (exact) mass is 419 g/mol. The van der Waals surface area contributed by atoms with E-state index in [9.17, 15) is 17.6 Å². The molecule has 30 heavy (non-hydrogen) atoms. The van der Waals surface area contributed by atoms with Crippen LogP contribution in [0.15, 0.2) is 30.3 Å². The van der Waals surface area contributed by atoms with E-state index in [4.69, 9.17) is 9.72 Å². The van der Waals surface area contributed by atoms with Gasteiger partial charge in [-0.2, -0.15) is 17.6 Å². The minimum absolute atomic E-state index is 0.158. The van der Waals surface area contributed by atoms with Gasteiger partial charge in [0.1, 0.15) is 17.2 Å². The first kappa shape index (κ1) is 19.0. The Labute approximate surface area is 168 Å². The number of methoxy groups -OCH3 is 1. The second kappa shape index (κ2) is 5.60. The van der Waals surface area contributed by atoms with Crippen molar-refractivity contribution in [1.29, 1.82) is 0 Å². The van der Waals surface area contributed by atoms with Crippen molar-refractivity contribution in [2.75, 3.05) is 7.11 Å². The van der Waals surface area contributed by atoms with E-state index in [-0.39, 0.29) is 11.0 Å². The van der Waals surface area contributed by atoms with Crippen LogP contribution < -0.4 is 4.74 Å². The average molecular weight is 419 g/mol. The van der Waals surface area contributed by atoms with Crippen LogP contribution in [-0.2, 0) is 22.4 Å². The van der Waals surface area contributed by atoms with Crippen LogP contribution in [0.2, 0.25) is 0 Å². The van der Waals surface area contributed by atoms with Gasteiger partial charge in [-0.1, -0.05) is 20.8 Å². The number of rotatable bonds is 1. The summed E-state index contributed by atoms with van der Waals surface area (Å²) in [6.07, 6.45) is -8.19. The lowest BCUT2D eigenvalue weighted by molar-refractivity contribution is -0.369. The Hall–Kier alpha value is -2.94. The number of alkyl halides is 4. The van der Waals surface area contributed by atoms with Gasteiger partial charge in [-0.3, -0.25) is 4.40 Å². The van der Waals surface area contributed by atoms with E-state index in [1.54, 1.807) is 22.6 Å². The Kier molecular flexibility index (Phi) is 3.56. The maximum absolute atomic E-state index is 14.2. The number of benzene rings is 2. The highest BCUT2D eigenvalue weighted by molar-refractivity contribution is 5.97. The molecule has 9 heteroatoms. The molecule has 3 heterocycles. The van der Waals surface area contributed by atoms with Crippen LogP contribution in [0.1, 0.15) is 37.7 Å². The molecule has 1 aliphatic heterocycles. The molecule has 156 valence electrons. The van der Waals surface area contributed by atoms with Gasteiger partial charge in [-0.25, -0.2) is 14.7 Å². The predicted octanol–water partition coefficient (Wildman–Crippen LogP) is 5.47. The van der Waals surface area contributed by atoms with Crippen molar-refractivity contribution in [3.8, 4) is 5.75 Å². The van der Waals surface area contributed by atoms with E-state index in [1.807, 2.05) is 20.8 Å². The predicted molar refractivity (Wildman–Crippen MR) is 102 cm³/mol. The summed E-state index contributed by atoms with van der Waals surface area (Å²) >= 11 is 0. The molecular weight excluding hydrogens is 402 g/mol. The number of halogens is 4. The SMILES string of the molecule is COc1ccc2c(c1)nc(C(C)(C)C)n1c3cc4c(cc3nc21)C(F)(F)OC4(F)F. The standard InChI is InChI=1S/C21H17F4N3O2/c1-19(2,3)18-27-14-7-10(29-4)5-6-11(14)17-26-15-8-12-13(9-16(15)28(17)18)21(24,25)30-20(12,22)23/h5-9H,1-4H3. The fraction of sp³-hybridized carbons (Fsp3) is 0.333. The number of fused-ring (bicyclic) bond motifs is 6. The molecule has 1 aliphatic rings. The van der Waals surface area contributed by atoms with Crippen LogP contribution in [0.5, 0.6) is 5.75 Å². The number of hydrogen-bond acceptors (Lipinski definition) is 4. The number of hydrogen-bond donors (Lipinski definition) is 0. The molecule has 0 fully saturated rings. The lowest BCUT2D eigenvalue weighted by atomic mass is 9.95. The van der Waals surface area contributed by atoms with Gasteiger partial charge in [0.2, 0.25) is 0 Å². The first-order chi connectivity index (χ1) is 13.9. The molecule has 0 spiro atoms. The molecule has 2 aromatic carbocycles. The summed E-state index contributed by atoms with van der Waals surface area (Å²) in [7, 11) is 1.54. The number of aromatic nitrogens is 3. The summed E-state index contributed by atoms with van der Waals surface area (Å²) in [5.41, 5.74) is -0.765. The summed E-state index contributed by atoms with van der Waals surface area (Å²) in [5.74, 6) is 1.15. The van der Waals surface area contributed by atoms with E-state index < -0.39 is 28.8 Å². The lowest BCUT2D eigenvalue weighted by Gasteiger charge is -2.21. The molecule has 0 aliphatic carbocycles. The zero-order valence-corrected chi connectivity index (χ0v) is 16.6. The highest BCUT2D eigenvalue weighted by Crippen LogP contribution is 2.52. The third-order valence-corrected chi connectivity index (χ3v) is 5.23. The van der Waals surface area contributed by atoms with Gasteiger partial charge in [0.15, 0.2) is 0 Å². The molecule has 5 nitrogen and oxygen atoms in total. The van der Waals surface area contributed by atoms with Gasteiger partial charge in [0.25, 0.3) is 0 Å². The van der Waals surface area contributed by atoms with E-state index in [1.165, 1.54) is 7.11 Å². The minimum Gasteiger partial charge on any atom is -0.497 e. The molecule has 5 rings (SSSR count). The van der Waals surface area contributed by atoms with Crippen molar-refractivity contribution in [2.24, 2.45) is 0 Å². The van der Waals surface area contributed by atoms with Crippen LogP contribution in [0.3, 0.4) is 0 Å². The molecule has 4 aromatic rings. The molecule has 0 saturated heterocycles. The van der Waals surface area contributed by atoms with Gasteiger partial charge < -0.3 is 4.74 Å². The normalized spacial score (nSPS) is 17.7. The van der Waals surface area contributed by atoms with Crippen molar-refractivity contribution < 1.29 is 27.0 Å². The van der Waals surface area contributed by atoms with Crippen molar-refractivity contribution >= 4 is 27.6 Å². The number of nitrogens with zero attached hydrogens (tertiary/aromatic N) is 3. The van der Waals surface area contributed by atoms with Crippen LogP contribution in [0, 0.1) is 0 Å². The molecule has 0 saturated carbocycles. The maximum atomic E-state index is 14.2. The van der Waals surface area contributed by atoms with Crippen LogP contribution >= 0.6 is 0 Å². The summed E-state index contributed by atoms with van der Waals surface area (Å²) in [4.78, 5) is 9.25. The molecule has 0 radical (unpaired) electrons. The Morgan fingerprint density at radius 2 is 1.60 bits per heavy atom. The second-order valence-electron chi connectivity index (χ2n) is 8.36. The van der Waals surface area contributed by atoms with E-state index in [2.05, 4.69) is 9.72 Å². The molecule has 0 amide bonds. The molecule has 0 atom stereocenters. The minimum atomic E-state index is -4.10. The zero-order chi connectivity index (χ0) is 21.6. The first-order valence-corrected chi connectivity index (χ1v) is 9.23. The molecule has 0 unspecified atom stereocenters. The number of ether oxygens (including phenoxy) is 2. The van der Waals surface area contributed by atoms with E-state index >= 15 is 0 Å². The zero-order valence-electron chi connectivity index (χ0n) is 16.6. The number of imidazole rings is 1. The fourth-order valence-electron chi connectivity index (χ4n) is 3.86. The molecule has 2 aromatic heterocycles. The third-order valence-electron chi connectivity index (χ3n) is 5.23. The highest BCUT2D eigenvalue weighted by Gasteiger charge is 2.57. The van der Waals surface area contributed by atoms with Crippen molar-refractivity contribution in [3.05, 3.63) is 47.3 Å². The van der Waals surface area contributed by atoms with E-state index in [0.29, 0.717) is 28.1 Å². The summed E-state index contributed by atoms with van der Waals surface area (Å²) < 4.78 is 67.1. The van der Waals surface area contributed by atoms with Crippen LogP contribution in [0.25, 0.3) is 27.6 Å². The van der Waals surface area contributed by atoms with Gasteiger partial charge >= 0.3 is 12.2 Å². The van der Waals surface area contributed by atoms with Gasteiger partial charge in [0, 0.05) is 16.9 Å². The lowest BCUT2D eigenvalue weighted by Crippen LogP contribution is -2.19. The maximum Gasteiger partial charge on any atom is 0.388 e. The van der Waals surface area contributed by atoms with Gasteiger partial charge in [-0.05, 0) is 24.3 Å². The van der Waals surface area contributed by atoms with Crippen molar-refractivity contribution in [2.45, 2.75) is 38.4 Å². The Bertz CT molecular complexity index is 1360. The molecule has 0 N–H and O–H groups in total. The topological polar surface area (TPSA) is 48.7 Å². The second-order valence-corrected chi connectivity index (χ2v) is 8.36. The third kappa shape index (κ3) is 2.51. The average Bonchev–Trinajstić information content (AvgIpc) is 3.10. The quantitative estimate of drug-likeness (QED) is 0.384. The van der Waals surface area contributed by atoms with Crippen molar-refractivity contribution in [1.82, 2.24) is 14.4 Å². The summed E-state index contributed by atoms with van der Waals surface area (Å²) in [5, 5.41) is 0.648. The van der Waals surface area contributed by atoms with Gasteiger partial charge in [-0.15, -0.1) is 0 Å². The summed E-state index contributed by atoms with van der Waals surface area (Å²) in [6.45, 7) is 5.77. The smallest absolute Gasteiger partial charge is 0.388 e.